The van der Waals surface area contributed by atoms with Gasteiger partial charge in [-0.3, -0.25) is 4.79 Å². The minimum Gasteiger partial charge on any atom is -0.469 e. The summed E-state index contributed by atoms with van der Waals surface area (Å²) < 4.78 is 30.1. The Labute approximate surface area is 120 Å². The second-order valence-electron chi connectivity index (χ2n) is 4.30. The number of unbranched alkanes of at least 4 members (excludes halogenated alkanes) is 3. The van der Waals surface area contributed by atoms with Gasteiger partial charge in [0.2, 0.25) is 10.0 Å². The zero-order chi connectivity index (χ0) is 14.6. The van der Waals surface area contributed by atoms with Crippen LogP contribution >= 0.6 is 11.8 Å². The molecular formula is C12H25NO4S2. The largest absolute Gasteiger partial charge is 0.469 e. The normalized spacial score (nSPS) is 11.5. The predicted octanol–water partition coefficient (Wildman–Crippen LogP) is 1.78. The molecule has 0 spiro atoms. The number of esters is 1. The predicted molar refractivity (Wildman–Crippen MR) is 79.9 cm³/mol. The number of thioether (sulfide) groups is 1. The maximum absolute atomic E-state index is 11.6. The molecule has 0 radical (unpaired) electrons. The molecule has 0 fully saturated rings. The van der Waals surface area contributed by atoms with Gasteiger partial charge in [-0.25, -0.2) is 13.1 Å². The van der Waals surface area contributed by atoms with Crippen LogP contribution in [0.3, 0.4) is 0 Å². The van der Waals surface area contributed by atoms with Crippen molar-refractivity contribution < 1.29 is 17.9 Å². The van der Waals surface area contributed by atoms with E-state index in [1.807, 2.05) is 11.8 Å². The molecule has 0 heterocycles. The van der Waals surface area contributed by atoms with Gasteiger partial charge >= 0.3 is 5.97 Å². The lowest BCUT2D eigenvalue weighted by Gasteiger charge is -2.06. The summed E-state index contributed by atoms with van der Waals surface area (Å²) in [6.07, 6.45) is 6.78. The Hall–Kier alpha value is -0.270. The van der Waals surface area contributed by atoms with E-state index in [2.05, 4.69) is 15.7 Å². The van der Waals surface area contributed by atoms with Crippen LogP contribution in [0.1, 0.15) is 38.5 Å². The summed E-state index contributed by atoms with van der Waals surface area (Å²) in [5.74, 6) is 0.775. The molecule has 0 unspecified atom stereocenters. The zero-order valence-electron chi connectivity index (χ0n) is 11.8. The number of nitrogens with one attached hydrogen (secondary N) is 1. The molecule has 0 aliphatic heterocycles. The summed E-state index contributed by atoms with van der Waals surface area (Å²) in [6.45, 7) is 0.486. The van der Waals surface area contributed by atoms with Crippen LogP contribution in [0.15, 0.2) is 0 Å². The van der Waals surface area contributed by atoms with Gasteiger partial charge in [0.05, 0.1) is 12.9 Å². The average Bonchev–Trinajstić information content (AvgIpc) is 2.37. The van der Waals surface area contributed by atoms with E-state index in [0.29, 0.717) is 13.0 Å². The SMILES string of the molecule is COC(=O)CCCS(=O)(=O)NCCCCCCSC. The smallest absolute Gasteiger partial charge is 0.305 e. The van der Waals surface area contributed by atoms with Crippen molar-refractivity contribution in [3.05, 3.63) is 0 Å². The van der Waals surface area contributed by atoms with Crippen LogP contribution in [-0.2, 0) is 19.6 Å². The molecule has 0 saturated carbocycles. The Bertz CT molecular complexity index is 331. The lowest BCUT2D eigenvalue weighted by atomic mass is 10.2. The Morgan fingerprint density at radius 3 is 2.47 bits per heavy atom. The highest BCUT2D eigenvalue weighted by Gasteiger charge is 2.10. The second kappa shape index (κ2) is 11.5. The first-order valence-corrected chi connectivity index (χ1v) is 9.59. The Morgan fingerprint density at radius 2 is 1.84 bits per heavy atom. The van der Waals surface area contributed by atoms with Crippen molar-refractivity contribution >= 4 is 27.8 Å². The average molecular weight is 311 g/mol. The lowest BCUT2D eigenvalue weighted by molar-refractivity contribution is -0.140. The molecule has 0 atom stereocenters. The third-order valence-electron chi connectivity index (χ3n) is 2.62. The number of rotatable bonds is 12. The fourth-order valence-electron chi connectivity index (χ4n) is 1.53. The van der Waals surface area contributed by atoms with Crippen molar-refractivity contribution in [2.45, 2.75) is 38.5 Å². The highest BCUT2D eigenvalue weighted by atomic mass is 32.2. The van der Waals surface area contributed by atoms with Gasteiger partial charge in [0, 0.05) is 13.0 Å². The molecule has 1 N–H and O–H groups in total. The van der Waals surface area contributed by atoms with Crippen molar-refractivity contribution in [1.29, 1.82) is 0 Å². The molecule has 0 saturated heterocycles. The Balaban J connectivity index is 3.54. The number of sulfonamides is 1. The molecule has 0 aromatic heterocycles. The molecule has 0 aliphatic carbocycles. The summed E-state index contributed by atoms with van der Waals surface area (Å²) in [5.41, 5.74) is 0. The third kappa shape index (κ3) is 12.5. The van der Waals surface area contributed by atoms with E-state index in [0.717, 1.165) is 19.3 Å². The monoisotopic (exact) mass is 311 g/mol. The highest BCUT2D eigenvalue weighted by molar-refractivity contribution is 7.98. The van der Waals surface area contributed by atoms with Crippen LogP contribution in [0.5, 0.6) is 0 Å². The topological polar surface area (TPSA) is 72.5 Å². The van der Waals surface area contributed by atoms with E-state index in [1.165, 1.54) is 19.3 Å². The van der Waals surface area contributed by atoms with Gasteiger partial charge in [0.15, 0.2) is 0 Å². The quantitative estimate of drug-likeness (QED) is 0.439. The molecule has 0 aromatic carbocycles. The number of ether oxygens (including phenoxy) is 1. The molecule has 5 nitrogen and oxygen atoms in total. The van der Waals surface area contributed by atoms with Gasteiger partial charge in [-0.05, 0) is 31.3 Å². The van der Waals surface area contributed by atoms with Gasteiger partial charge in [-0.1, -0.05) is 12.8 Å². The van der Waals surface area contributed by atoms with E-state index in [1.54, 1.807) is 0 Å². The number of hydrogen-bond acceptors (Lipinski definition) is 5. The van der Waals surface area contributed by atoms with Crippen molar-refractivity contribution in [3.8, 4) is 0 Å². The van der Waals surface area contributed by atoms with E-state index in [9.17, 15) is 13.2 Å². The van der Waals surface area contributed by atoms with Gasteiger partial charge in [-0.2, -0.15) is 11.8 Å². The second-order valence-corrected chi connectivity index (χ2v) is 7.21. The van der Waals surface area contributed by atoms with Gasteiger partial charge in [0.25, 0.3) is 0 Å². The highest BCUT2D eigenvalue weighted by Crippen LogP contribution is 2.04. The molecule has 0 aliphatic rings. The first-order valence-electron chi connectivity index (χ1n) is 6.55. The fraction of sp³-hybridized carbons (Fsp3) is 0.917. The molecule has 0 amide bonds. The molecule has 0 rings (SSSR count). The summed E-state index contributed by atoms with van der Waals surface area (Å²) in [7, 11) is -1.95. The van der Waals surface area contributed by atoms with Gasteiger partial charge < -0.3 is 4.74 Å². The Kier molecular flexibility index (Phi) is 11.4. The fourth-order valence-corrected chi connectivity index (χ4v) is 3.15. The van der Waals surface area contributed by atoms with E-state index in [-0.39, 0.29) is 18.1 Å². The van der Waals surface area contributed by atoms with Crippen LogP contribution in [0.2, 0.25) is 0 Å². The first-order chi connectivity index (χ1) is 9.02. The molecule has 19 heavy (non-hydrogen) atoms. The maximum Gasteiger partial charge on any atom is 0.305 e. The van der Waals surface area contributed by atoms with E-state index < -0.39 is 10.0 Å². The molecule has 0 aromatic rings. The zero-order valence-corrected chi connectivity index (χ0v) is 13.4. The van der Waals surface area contributed by atoms with Crippen LogP contribution in [-0.4, -0.2) is 45.8 Å². The van der Waals surface area contributed by atoms with Crippen LogP contribution in [0, 0.1) is 0 Å². The first kappa shape index (κ1) is 18.7. The molecule has 0 bridgehead atoms. The van der Waals surface area contributed by atoms with E-state index in [4.69, 9.17) is 0 Å². The van der Waals surface area contributed by atoms with Gasteiger partial charge in [0.1, 0.15) is 0 Å². The number of hydrogen-bond donors (Lipinski definition) is 1. The van der Waals surface area contributed by atoms with Crippen LogP contribution < -0.4 is 4.72 Å². The summed E-state index contributed by atoms with van der Waals surface area (Å²) in [6, 6.07) is 0. The maximum atomic E-state index is 11.6. The summed E-state index contributed by atoms with van der Waals surface area (Å²) in [5, 5.41) is 0. The van der Waals surface area contributed by atoms with Crippen molar-refractivity contribution in [2.24, 2.45) is 0 Å². The standard InChI is InChI=1S/C12H25NO4S2/c1-17-12(14)8-7-11-19(15,16)13-9-5-3-4-6-10-18-2/h13H,3-11H2,1-2H3. The molecule has 7 heteroatoms. The summed E-state index contributed by atoms with van der Waals surface area (Å²) >= 11 is 1.83. The minimum atomic E-state index is -3.24. The number of methoxy groups -OCH3 is 1. The van der Waals surface area contributed by atoms with Crippen LogP contribution in [0.4, 0.5) is 0 Å². The minimum absolute atomic E-state index is 0.0193. The van der Waals surface area contributed by atoms with Crippen LogP contribution in [0.25, 0.3) is 0 Å². The lowest BCUT2D eigenvalue weighted by Crippen LogP contribution is -2.27. The Morgan fingerprint density at radius 1 is 1.16 bits per heavy atom. The summed E-state index contributed by atoms with van der Waals surface area (Å²) in [4.78, 5) is 10.8. The van der Waals surface area contributed by atoms with Crippen molar-refractivity contribution in [2.75, 3.05) is 31.4 Å². The van der Waals surface area contributed by atoms with Gasteiger partial charge in [-0.15, -0.1) is 0 Å². The van der Waals surface area contributed by atoms with Crippen molar-refractivity contribution in [3.63, 3.8) is 0 Å². The molecular weight excluding hydrogens is 286 g/mol. The number of carbonyl (C=O) groups excluding carboxylic acids is 1. The molecule has 114 valence electrons. The van der Waals surface area contributed by atoms with Crippen molar-refractivity contribution in [1.82, 2.24) is 4.72 Å². The number of carbonyl (C=O) groups is 1. The van der Waals surface area contributed by atoms with E-state index >= 15 is 0 Å². The third-order valence-corrected chi connectivity index (χ3v) is 4.79.